The average Bonchev–Trinajstić information content (AvgIpc) is 3.25. The maximum atomic E-state index is 12.8. The first kappa shape index (κ1) is 58.4. The van der Waals surface area contributed by atoms with E-state index in [1.165, 1.54) is 199 Å². The Hall–Kier alpha value is -1.59. The topological polar surface area (TPSA) is 78.9 Å². The summed E-state index contributed by atoms with van der Waals surface area (Å²) >= 11 is 0. The van der Waals surface area contributed by atoms with Gasteiger partial charge in [-0.1, -0.05) is 265 Å². The van der Waals surface area contributed by atoms with Gasteiger partial charge in [0.2, 0.25) is 0 Å². The molecule has 0 spiro atoms. The summed E-state index contributed by atoms with van der Waals surface area (Å²) in [6, 6.07) is 0. The molecule has 0 bridgehead atoms. The fourth-order valence-corrected chi connectivity index (χ4v) is 8.19. The third-order valence-electron chi connectivity index (χ3n) is 12.7. The molecule has 0 fully saturated rings. The van der Waals surface area contributed by atoms with E-state index in [4.69, 9.17) is 14.2 Å². The van der Waals surface area contributed by atoms with Gasteiger partial charge in [-0.25, -0.2) is 0 Å². The second-order valence-corrected chi connectivity index (χ2v) is 18.8. The molecule has 60 heavy (non-hydrogen) atoms. The summed E-state index contributed by atoms with van der Waals surface area (Å²) < 4.78 is 16.8. The molecule has 0 aliphatic carbocycles. The molecule has 0 aliphatic heterocycles. The van der Waals surface area contributed by atoms with Crippen LogP contribution in [0.3, 0.4) is 0 Å². The standard InChI is InChI=1S/C54H104O6/c1-5-8-10-12-14-16-18-19-20-21-22-23-25-31-35-39-43-47-54(57)60-51(48-58-52(55)45-41-37-33-29-24-17-15-13-11-9-6-2)49-59-53(56)46-42-38-34-30-27-26-28-32-36-40-44-50(4)7-3/h50-51H,5-49H2,1-4H3/t50?,51-/m0/s1. The molecule has 1 unspecified atom stereocenters. The van der Waals surface area contributed by atoms with E-state index < -0.39 is 6.10 Å². The van der Waals surface area contributed by atoms with Gasteiger partial charge in [0.05, 0.1) is 0 Å². The molecule has 6 heteroatoms. The van der Waals surface area contributed by atoms with Crippen LogP contribution in [0.15, 0.2) is 0 Å². The number of carbonyl (C=O) groups is 3. The molecular formula is C54H104O6. The van der Waals surface area contributed by atoms with Gasteiger partial charge in [-0.05, 0) is 25.2 Å². The Bertz CT molecular complexity index is 905. The second kappa shape index (κ2) is 48.4. The third kappa shape index (κ3) is 45.9. The lowest BCUT2D eigenvalue weighted by atomic mass is 9.99. The van der Waals surface area contributed by atoms with Gasteiger partial charge in [0, 0.05) is 19.3 Å². The lowest BCUT2D eigenvalue weighted by molar-refractivity contribution is -0.167. The summed E-state index contributed by atoms with van der Waals surface area (Å²) in [6.07, 6.45) is 50.8. The molecule has 0 rings (SSSR count). The lowest BCUT2D eigenvalue weighted by Crippen LogP contribution is -2.30. The molecule has 0 heterocycles. The highest BCUT2D eigenvalue weighted by molar-refractivity contribution is 5.71. The van der Waals surface area contributed by atoms with Crippen molar-refractivity contribution >= 4 is 17.9 Å². The van der Waals surface area contributed by atoms with Crippen molar-refractivity contribution in [3.05, 3.63) is 0 Å². The van der Waals surface area contributed by atoms with Gasteiger partial charge in [-0.3, -0.25) is 14.4 Å². The summed E-state index contributed by atoms with van der Waals surface area (Å²) in [6.45, 7) is 9.05. The Balaban J connectivity index is 4.29. The Morgan fingerprint density at radius 1 is 0.333 bits per heavy atom. The van der Waals surface area contributed by atoms with E-state index in [9.17, 15) is 14.4 Å². The number of rotatable bonds is 49. The fourth-order valence-electron chi connectivity index (χ4n) is 8.19. The number of ether oxygens (including phenoxy) is 3. The van der Waals surface area contributed by atoms with Crippen LogP contribution in [-0.2, 0) is 28.6 Å². The Labute approximate surface area is 374 Å². The minimum absolute atomic E-state index is 0.0627. The third-order valence-corrected chi connectivity index (χ3v) is 12.7. The zero-order chi connectivity index (χ0) is 43.8. The molecule has 0 N–H and O–H groups in total. The van der Waals surface area contributed by atoms with Crippen LogP contribution in [0.4, 0.5) is 0 Å². The van der Waals surface area contributed by atoms with Crippen LogP contribution in [0, 0.1) is 5.92 Å². The molecule has 0 saturated heterocycles. The molecule has 0 aliphatic rings. The number of carbonyl (C=O) groups excluding carboxylic acids is 3. The average molecular weight is 849 g/mol. The van der Waals surface area contributed by atoms with Crippen molar-refractivity contribution in [3.8, 4) is 0 Å². The van der Waals surface area contributed by atoms with Gasteiger partial charge < -0.3 is 14.2 Å². The van der Waals surface area contributed by atoms with Gasteiger partial charge in [-0.15, -0.1) is 0 Å². The molecular weight excluding hydrogens is 745 g/mol. The Kier molecular flexibility index (Phi) is 47.2. The lowest BCUT2D eigenvalue weighted by Gasteiger charge is -2.18. The predicted octanol–water partition coefficient (Wildman–Crippen LogP) is 17.5. The van der Waals surface area contributed by atoms with Crippen LogP contribution in [0.5, 0.6) is 0 Å². The van der Waals surface area contributed by atoms with Crippen molar-refractivity contribution in [2.45, 2.75) is 310 Å². The first-order valence-corrected chi connectivity index (χ1v) is 26.9. The van der Waals surface area contributed by atoms with Gasteiger partial charge >= 0.3 is 17.9 Å². The van der Waals surface area contributed by atoms with E-state index >= 15 is 0 Å². The van der Waals surface area contributed by atoms with Crippen molar-refractivity contribution in [2.24, 2.45) is 5.92 Å². The first-order valence-electron chi connectivity index (χ1n) is 26.9. The van der Waals surface area contributed by atoms with Gasteiger partial charge in [0.1, 0.15) is 13.2 Å². The molecule has 0 aromatic rings. The van der Waals surface area contributed by atoms with Crippen molar-refractivity contribution in [1.29, 1.82) is 0 Å². The summed E-state index contributed by atoms with van der Waals surface area (Å²) in [7, 11) is 0. The minimum atomic E-state index is -0.761. The van der Waals surface area contributed by atoms with E-state index in [1.807, 2.05) is 0 Å². The van der Waals surface area contributed by atoms with Crippen LogP contribution in [-0.4, -0.2) is 37.2 Å². The highest BCUT2D eigenvalue weighted by Crippen LogP contribution is 2.18. The molecule has 356 valence electrons. The van der Waals surface area contributed by atoms with E-state index in [2.05, 4.69) is 27.7 Å². The SMILES string of the molecule is CCCCCCCCCCCCCCCCCCCC(=O)O[C@@H](COC(=O)CCCCCCCCCCCCC)COC(=O)CCCCCCCCCCCCC(C)CC. The summed E-state index contributed by atoms with van der Waals surface area (Å²) in [4.78, 5) is 38.0. The van der Waals surface area contributed by atoms with Gasteiger partial charge in [-0.2, -0.15) is 0 Å². The van der Waals surface area contributed by atoms with E-state index in [0.717, 1.165) is 63.7 Å². The normalized spacial score (nSPS) is 12.4. The molecule has 6 nitrogen and oxygen atoms in total. The minimum Gasteiger partial charge on any atom is -0.462 e. The molecule has 0 radical (unpaired) electrons. The number of hydrogen-bond acceptors (Lipinski definition) is 6. The Morgan fingerprint density at radius 3 is 0.867 bits per heavy atom. The molecule has 0 aromatic heterocycles. The van der Waals surface area contributed by atoms with Gasteiger partial charge in [0.15, 0.2) is 6.10 Å². The largest absolute Gasteiger partial charge is 0.462 e. The maximum absolute atomic E-state index is 12.8. The van der Waals surface area contributed by atoms with Crippen molar-refractivity contribution in [1.82, 2.24) is 0 Å². The van der Waals surface area contributed by atoms with Crippen molar-refractivity contribution in [3.63, 3.8) is 0 Å². The number of hydrogen-bond donors (Lipinski definition) is 0. The Morgan fingerprint density at radius 2 is 0.583 bits per heavy atom. The van der Waals surface area contributed by atoms with E-state index in [1.54, 1.807) is 0 Å². The first-order chi connectivity index (χ1) is 29.4. The molecule has 0 saturated carbocycles. The van der Waals surface area contributed by atoms with E-state index in [0.29, 0.717) is 19.3 Å². The zero-order valence-electron chi connectivity index (χ0n) is 40.9. The highest BCUT2D eigenvalue weighted by Gasteiger charge is 2.19. The smallest absolute Gasteiger partial charge is 0.306 e. The van der Waals surface area contributed by atoms with Crippen LogP contribution >= 0.6 is 0 Å². The monoisotopic (exact) mass is 849 g/mol. The van der Waals surface area contributed by atoms with Crippen molar-refractivity contribution in [2.75, 3.05) is 13.2 Å². The van der Waals surface area contributed by atoms with Crippen LogP contribution in [0.25, 0.3) is 0 Å². The quantitative estimate of drug-likeness (QED) is 0.0345. The summed E-state index contributed by atoms with van der Waals surface area (Å²) in [5.74, 6) is 0.0272. The molecule has 2 atom stereocenters. The van der Waals surface area contributed by atoms with Crippen LogP contribution in [0.1, 0.15) is 304 Å². The molecule has 0 aromatic carbocycles. The molecule has 0 amide bonds. The number of esters is 3. The summed E-state index contributed by atoms with van der Waals surface area (Å²) in [5.41, 5.74) is 0. The van der Waals surface area contributed by atoms with Crippen LogP contribution in [0.2, 0.25) is 0 Å². The van der Waals surface area contributed by atoms with Gasteiger partial charge in [0.25, 0.3) is 0 Å². The maximum Gasteiger partial charge on any atom is 0.306 e. The zero-order valence-corrected chi connectivity index (χ0v) is 40.9. The highest BCUT2D eigenvalue weighted by atomic mass is 16.6. The second-order valence-electron chi connectivity index (χ2n) is 18.8. The summed E-state index contributed by atoms with van der Waals surface area (Å²) in [5, 5.41) is 0. The van der Waals surface area contributed by atoms with Crippen LogP contribution < -0.4 is 0 Å². The number of unbranched alkanes of at least 4 members (excludes halogenated alkanes) is 35. The predicted molar refractivity (Wildman–Crippen MR) is 257 cm³/mol. The van der Waals surface area contributed by atoms with E-state index in [-0.39, 0.29) is 31.1 Å². The van der Waals surface area contributed by atoms with Crippen molar-refractivity contribution < 1.29 is 28.6 Å². The fraction of sp³-hybridized carbons (Fsp3) is 0.944.